The molecule has 9 nitrogen and oxygen atoms in total. The number of carbonyl (C=O) groups excluding carboxylic acids is 2. The number of hydrogen-bond acceptors (Lipinski definition) is 5. The van der Waals surface area contributed by atoms with Gasteiger partial charge in [-0.25, -0.2) is 17.2 Å². The van der Waals surface area contributed by atoms with Gasteiger partial charge in [0.05, 0.1) is 23.4 Å². The molecule has 1 N–H and O–H groups in total. The Morgan fingerprint density at radius 3 is 2.74 bits per heavy atom. The summed E-state index contributed by atoms with van der Waals surface area (Å²) >= 11 is 0. The normalized spacial score (nSPS) is 15.5. The Hall–Kier alpha value is -3.38. The minimum absolute atomic E-state index is 0.0118. The number of H-pyrrole nitrogens is 1. The molecule has 4 rings (SSSR count). The maximum Gasteiger partial charge on any atom is 0.280 e. The number of aryl methyl sites for hydroxylation is 1. The number of rotatable bonds is 6. The second-order valence-corrected chi connectivity index (χ2v) is 10.1. The van der Waals surface area contributed by atoms with E-state index in [2.05, 4.69) is 9.98 Å². The molecule has 0 aliphatic carbocycles. The number of hydrogen-bond donors (Lipinski definition) is 1. The van der Waals surface area contributed by atoms with Crippen LogP contribution in [0.5, 0.6) is 0 Å². The Morgan fingerprint density at radius 2 is 2.03 bits per heavy atom. The third-order valence-electron chi connectivity index (χ3n) is 5.35. The van der Waals surface area contributed by atoms with Crippen molar-refractivity contribution in [2.45, 2.75) is 13.0 Å². The lowest BCUT2D eigenvalue weighted by Gasteiger charge is -2.26. The average molecular weight is 493 g/mol. The van der Waals surface area contributed by atoms with Crippen LogP contribution in [0.1, 0.15) is 22.3 Å². The monoisotopic (exact) mass is 492 g/mol. The van der Waals surface area contributed by atoms with Crippen LogP contribution in [0, 0.1) is 0 Å². The van der Waals surface area contributed by atoms with Gasteiger partial charge in [0, 0.05) is 36.2 Å². The van der Waals surface area contributed by atoms with Crippen LogP contribution in [0.2, 0.25) is 0 Å². The number of sulfone groups is 1. The highest BCUT2D eigenvalue weighted by atomic mass is 32.2. The first kappa shape index (κ1) is 23.8. The summed E-state index contributed by atoms with van der Waals surface area (Å²) in [4.78, 5) is 33.6. The maximum absolute atomic E-state index is 13.0. The molecule has 1 aliphatic heterocycles. The third-order valence-corrected chi connectivity index (χ3v) is 6.27. The molecule has 3 aromatic rings. The van der Waals surface area contributed by atoms with Crippen LogP contribution >= 0.6 is 0 Å². The summed E-state index contributed by atoms with van der Waals surface area (Å²) in [6.45, 7) is 0.771. The van der Waals surface area contributed by atoms with E-state index < -0.39 is 22.2 Å². The SMILES string of the molecule is CS(=O)(=O)CCn1/c(=N/C(=O)c2cccc(C(F)F)c2)[nH]c2cc(N3CCOCC3=O)ccc21. The van der Waals surface area contributed by atoms with Gasteiger partial charge in [0.1, 0.15) is 16.4 Å². The highest BCUT2D eigenvalue weighted by Gasteiger charge is 2.21. The lowest BCUT2D eigenvalue weighted by atomic mass is 10.1. The molecule has 1 aliphatic rings. The summed E-state index contributed by atoms with van der Waals surface area (Å²) in [5, 5.41) is 0. The van der Waals surface area contributed by atoms with Crippen molar-refractivity contribution in [3.8, 4) is 0 Å². The van der Waals surface area contributed by atoms with Gasteiger partial charge in [-0.3, -0.25) is 9.59 Å². The van der Waals surface area contributed by atoms with Gasteiger partial charge >= 0.3 is 0 Å². The molecule has 0 atom stereocenters. The molecule has 1 saturated heterocycles. The van der Waals surface area contributed by atoms with Crippen LogP contribution in [-0.2, 0) is 25.9 Å². The van der Waals surface area contributed by atoms with E-state index in [1.807, 2.05) is 0 Å². The van der Waals surface area contributed by atoms with E-state index in [9.17, 15) is 26.8 Å². The number of anilines is 1. The summed E-state index contributed by atoms with van der Waals surface area (Å²) in [7, 11) is -3.33. The molecular formula is C22H22F2N4O5S. The van der Waals surface area contributed by atoms with E-state index >= 15 is 0 Å². The number of carbonyl (C=O) groups is 2. The van der Waals surface area contributed by atoms with Crippen molar-refractivity contribution in [2.24, 2.45) is 4.99 Å². The first-order chi connectivity index (χ1) is 16.1. The van der Waals surface area contributed by atoms with Crippen molar-refractivity contribution >= 4 is 38.4 Å². The molecule has 0 bridgehead atoms. The van der Waals surface area contributed by atoms with E-state index in [0.717, 1.165) is 12.3 Å². The molecule has 0 unspecified atom stereocenters. The molecule has 12 heteroatoms. The molecule has 0 spiro atoms. The molecule has 2 amide bonds. The fourth-order valence-corrected chi connectivity index (χ4v) is 4.17. The van der Waals surface area contributed by atoms with Gasteiger partial charge < -0.3 is 19.2 Å². The number of aromatic amines is 1. The fourth-order valence-electron chi connectivity index (χ4n) is 3.66. The summed E-state index contributed by atoms with van der Waals surface area (Å²) in [6.07, 6.45) is -1.63. The summed E-state index contributed by atoms with van der Waals surface area (Å²) < 4.78 is 56.3. The lowest BCUT2D eigenvalue weighted by molar-refractivity contribution is -0.125. The number of nitrogens with one attached hydrogen (secondary N) is 1. The minimum atomic E-state index is -3.33. The Morgan fingerprint density at radius 1 is 1.24 bits per heavy atom. The fraction of sp³-hybridized carbons (Fsp3) is 0.318. The number of fused-ring (bicyclic) bond motifs is 1. The number of imidazole rings is 1. The van der Waals surface area contributed by atoms with Gasteiger partial charge in [-0.2, -0.15) is 4.99 Å². The van der Waals surface area contributed by atoms with E-state index in [4.69, 9.17) is 4.74 Å². The van der Waals surface area contributed by atoms with E-state index in [1.165, 1.54) is 22.8 Å². The van der Waals surface area contributed by atoms with E-state index in [-0.39, 0.29) is 41.6 Å². The second kappa shape index (κ2) is 9.47. The molecule has 0 saturated carbocycles. The van der Waals surface area contributed by atoms with Crippen molar-refractivity contribution in [3.63, 3.8) is 0 Å². The van der Waals surface area contributed by atoms with Gasteiger partial charge in [-0.1, -0.05) is 12.1 Å². The van der Waals surface area contributed by atoms with Crippen molar-refractivity contribution < 1.29 is 31.5 Å². The Kier molecular flexibility index (Phi) is 6.62. The minimum Gasteiger partial charge on any atom is -0.370 e. The topological polar surface area (TPSA) is 114 Å². The maximum atomic E-state index is 13.0. The highest BCUT2D eigenvalue weighted by Crippen LogP contribution is 2.22. The van der Waals surface area contributed by atoms with Crippen molar-refractivity contribution in [3.05, 3.63) is 59.2 Å². The van der Waals surface area contributed by atoms with Crippen LogP contribution in [0.25, 0.3) is 11.0 Å². The first-order valence-corrected chi connectivity index (χ1v) is 12.4. The molecule has 0 radical (unpaired) electrons. The van der Waals surface area contributed by atoms with Gasteiger partial charge in [0.25, 0.3) is 18.2 Å². The molecule has 34 heavy (non-hydrogen) atoms. The van der Waals surface area contributed by atoms with Crippen molar-refractivity contribution in [2.75, 3.05) is 36.7 Å². The van der Waals surface area contributed by atoms with Gasteiger partial charge in [0.15, 0.2) is 0 Å². The van der Waals surface area contributed by atoms with Crippen LogP contribution in [0.4, 0.5) is 14.5 Å². The van der Waals surface area contributed by atoms with Crippen LogP contribution in [-0.4, -0.2) is 61.6 Å². The van der Waals surface area contributed by atoms with E-state index in [0.29, 0.717) is 29.9 Å². The summed E-state index contributed by atoms with van der Waals surface area (Å²) in [5.41, 5.74) is 1.45. The number of benzene rings is 2. The largest absolute Gasteiger partial charge is 0.370 e. The summed E-state index contributed by atoms with van der Waals surface area (Å²) in [6, 6.07) is 10.1. The number of halogens is 2. The highest BCUT2D eigenvalue weighted by molar-refractivity contribution is 7.90. The Labute approximate surface area is 193 Å². The number of morpholine rings is 1. The standard InChI is InChI=1S/C22H22F2N4O5S/c1-34(31,32)10-8-28-18-6-5-16(27-7-9-33-13-19(27)29)12-17(18)25-22(28)26-21(30)15-4-2-3-14(11-15)20(23)24/h2-6,11-12,20H,7-10,13H2,1H3,(H,25,26,30). The number of nitrogens with zero attached hydrogens (tertiary/aromatic N) is 3. The molecule has 2 heterocycles. The summed E-state index contributed by atoms with van der Waals surface area (Å²) in [5.74, 6) is -1.15. The van der Waals surface area contributed by atoms with E-state index in [1.54, 1.807) is 23.1 Å². The van der Waals surface area contributed by atoms with Gasteiger partial charge in [-0.15, -0.1) is 0 Å². The quantitative estimate of drug-likeness (QED) is 0.566. The van der Waals surface area contributed by atoms with Gasteiger partial charge in [0.2, 0.25) is 5.62 Å². The molecule has 2 aromatic carbocycles. The third kappa shape index (κ3) is 5.23. The number of alkyl halides is 2. The average Bonchev–Trinajstić information content (AvgIpc) is 3.13. The van der Waals surface area contributed by atoms with Crippen LogP contribution in [0.15, 0.2) is 47.5 Å². The predicted octanol–water partition coefficient (Wildman–Crippen LogP) is 2.06. The Bertz CT molecular complexity index is 1430. The molecular weight excluding hydrogens is 470 g/mol. The zero-order valence-corrected chi connectivity index (χ0v) is 19.0. The number of ether oxygens (including phenoxy) is 1. The second-order valence-electron chi connectivity index (χ2n) is 7.87. The zero-order valence-electron chi connectivity index (χ0n) is 18.2. The van der Waals surface area contributed by atoms with Crippen LogP contribution in [0.3, 0.4) is 0 Å². The first-order valence-electron chi connectivity index (χ1n) is 10.4. The van der Waals surface area contributed by atoms with Gasteiger partial charge in [-0.05, 0) is 30.3 Å². The molecule has 180 valence electrons. The number of aromatic nitrogens is 2. The Balaban J connectivity index is 1.79. The van der Waals surface area contributed by atoms with Crippen molar-refractivity contribution in [1.82, 2.24) is 9.55 Å². The number of amides is 2. The van der Waals surface area contributed by atoms with Crippen LogP contribution < -0.4 is 10.5 Å². The predicted molar refractivity (Wildman–Crippen MR) is 120 cm³/mol. The lowest BCUT2D eigenvalue weighted by Crippen LogP contribution is -2.41. The zero-order chi connectivity index (χ0) is 24.5. The molecule has 1 fully saturated rings. The van der Waals surface area contributed by atoms with Crippen molar-refractivity contribution in [1.29, 1.82) is 0 Å². The molecule has 1 aromatic heterocycles. The smallest absolute Gasteiger partial charge is 0.280 e.